The molecule has 2 nitrogen and oxygen atoms in total. The zero-order valence-corrected chi connectivity index (χ0v) is 15.9. The lowest BCUT2D eigenvalue weighted by molar-refractivity contribution is 0.578. The molecule has 0 aliphatic carbocycles. The molecule has 0 saturated carbocycles. The number of hydrogen-bond acceptors (Lipinski definition) is 2. The van der Waals surface area contributed by atoms with E-state index in [0.717, 1.165) is 13.1 Å². The Labute approximate surface area is 141 Å². The molecule has 2 heteroatoms. The average molecular weight is 315 g/mol. The van der Waals surface area contributed by atoms with Crippen molar-refractivity contribution in [2.75, 3.05) is 13.1 Å². The summed E-state index contributed by atoms with van der Waals surface area (Å²) in [6.45, 7) is 6.26. The van der Waals surface area contributed by atoms with Crippen molar-refractivity contribution in [3.63, 3.8) is 0 Å². The Morgan fingerprint density at radius 2 is 0.591 bits per heavy atom. The van der Waals surface area contributed by atoms with Gasteiger partial charge in [-0.15, -0.1) is 0 Å². The highest BCUT2D eigenvalue weighted by molar-refractivity contribution is 4.46. The Morgan fingerprint density at radius 1 is 0.364 bits per heavy atom. The summed E-state index contributed by atoms with van der Waals surface area (Å²) < 4.78 is 0. The van der Waals surface area contributed by atoms with Crippen LogP contribution in [0.3, 0.4) is 0 Å². The van der Waals surface area contributed by atoms with Crippen molar-refractivity contribution in [2.45, 2.75) is 117 Å². The van der Waals surface area contributed by atoms with Crippen molar-refractivity contribution in [3.8, 4) is 0 Å². The van der Waals surface area contributed by atoms with Gasteiger partial charge in [-0.1, -0.05) is 104 Å². The van der Waals surface area contributed by atoms with Gasteiger partial charge in [-0.3, -0.25) is 0 Å². The van der Waals surface area contributed by atoms with Crippen LogP contribution in [-0.4, -0.2) is 13.1 Å². The smallest absolute Gasteiger partial charge is 0.00773 e. The molecule has 0 atom stereocenters. The number of unbranched alkanes of at least 4 members (excludes halogenated alkanes) is 14. The highest BCUT2D eigenvalue weighted by atomic mass is 14.5. The molecule has 0 rings (SSSR count). The molecule has 0 radical (unpaired) electrons. The molecule has 0 bridgehead atoms. The zero-order chi connectivity index (χ0) is 16.7. The molecule has 22 heavy (non-hydrogen) atoms. The predicted octanol–water partition coefficient (Wildman–Crippen LogP) is 6.17. The van der Waals surface area contributed by atoms with E-state index in [1.165, 1.54) is 103 Å². The first-order valence-electron chi connectivity index (χ1n) is 10.2. The molecule has 0 aliphatic rings. The maximum atomic E-state index is 5.39. The highest BCUT2D eigenvalue weighted by Gasteiger charge is 1.89. The molecule has 0 spiro atoms. The van der Waals surface area contributed by atoms with Crippen LogP contribution in [0, 0.1) is 0 Å². The minimum Gasteiger partial charge on any atom is -0.330 e. The maximum Gasteiger partial charge on any atom is -0.00773 e. The second-order valence-corrected chi connectivity index (χ2v) is 6.53. The van der Waals surface area contributed by atoms with Crippen molar-refractivity contribution in [2.24, 2.45) is 11.5 Å². The summed E-state index contributed by atoms with van der Waals surface area (Å²) in [5.74, 6) is 0. The summed E-state index contributed by atoms with van der Waals surface area (Å²) in [5.41, 5.74) is 10.8. The van der Waals surface area contributed by atoms with E-state index in [1.807, 2.05) is 0 Å². The summed E-state index contributed by atoms with van der Waals surface area (Å²) in [6, 6.07) is 0. The molecule has 0 fully saturated rings. The molecule has 0 amide bonds. The third-order valence-corrected chi connectivity index (χ3v) is 4.12. The van der Waals surface area contributed by atoms with Crippen LogP contribution < -0.4 is 11.5 Å². The van der Waals surface area contributed by atoms with Gasteiger partial charge in [-0.25, -0.2) is 0 Å². The fraction of sp³-hybridized carbons (Fsp3) is 1.00. The Bertz CT molecular complexity index is 126. The van der Waals surface area contributed by atoms with Gasteiger partial charge < -0.3 is 11.5 Å². The first kappa shape index (κ1) is 24.2. The van der Waals surface area contributed by atoms with Crippen LogP contribution in [0.15, 0.2) is 0 Å². The van der Waals surface area contributed by atoms with Gasteiger partial charge in [-0.2, -0.15) is 0 Å². The van der Waals surface area contributed by atoms with Crippen molar-refractivity contribution < 1.29 is 0 Å². The van der Waals surface area contributed by atoms with Crippen LogP contribution in [0.25, 0.3) is 0 Å². The molecule has 0 heterocycles. The lowest BCUT2D eigenvalue weighted by Gasteiger charge is -1.99. The van der Waals surface area contributed by atoms with E-state index < -0.39 is 0 Å². The molecule has 0 aliphatic heterocycles. The quantitative estimate of drug-likeness (QED) is 0.335. The molecule has 136 valence electrons. The van der Waals surface area contributed by atoms with Crippen LogP contribution in [0.2, 0.25) is 0 Å². The standard InChI is InChI=1S/2C10H23N/c2*1-2-3-4-5-6-7-8-9-10-11/h2*2-11H2,1H3. The summed E-state index contributed by atoms with van der Waals surface area (Å²) in [4.78, 5) is 0. The van der Waals surface area contributed by atoms with Gasteiger partial charge in [0.15, 0.2) is 0 Å². The van der Waals surface area contributed by atoms with Crippen LogP contribution in [-0.2, 0) is 0 Å². The number of hydrogen-bond donors (Lipinski definition) is 2. The normalized spacial score (nSPS) is 10.4. The van der Waals surface area contributed by atoms with E-state index in [4.69, 9.17) is 11.5 Å². The summed E-state index contributed by atoms with van der Waals surface area (Å²) >= 11 is 0. The molecule has 0 aromatic heterocycles. The zero-order valence-electron chi connectivity index (χ0n) is 15.9. The van der Waals surface area contributed by atoms with Gasteiger partial charge in [0.25, 0.3) is 0 Å². The topological polar surface area (TPSA) is 52.0 Å². The molecule has 0 unspecified atom stereocenters. The van der Waals surface area contributed by atoms with Gasteiger partial charge in [0, 0.05) is 0 Å². The first-order valence-corrected chi connectivity index (χ1v) is 10.2. The van der Waals surface area contributed by atoms with E-state index in [0.29, 0.717) is 0 Å². The highest BCUT2D eigenvalue weighted by Crippen LogP contribution is 2.08. The van der Waals surface area contributed by atoms with Gasteiger partial charge in [-0.05, 0) is 25.9 Å². The van der Waals surface area contributed by atoms with Crippen LogP contribution in [0.5, 0.6) is 0 Å². The number of rotatable bonds is 16. The fourth-order valence-corrected chi connectivity index (χ4v) is 2.56. The SMILES string of the molecule is CCCCCCCCCCN.CCCCCCCCCCN. The fourth-order valence-electron chi connectivity index (χ4n) is 2.56. The number of nitrogens with two attached hydrogens (primary N) is 2. The average Bonchev–Trinajstić information content (AvgIpc) is 2.54. The van der Waals surface area contributed by atoms with E-state index in [9.17, 15) is 0 Å². The minimum absolute atomic E-state index is 0.870. The maximum absolute atomic E-state index is 5.39. The van der Waals surface area contributed by atoms with Crippen LogP contribution in [0.4, 0.5) is 0 Å². The van der Waals surface area contributed by atoms with Crippen molar-refractivity contribution in [1.29, 1.82) is 0 Å². The summed E-state index contributed by atoms with van der Waals surface area (Å²) in [5, 5.41) is 0. The van der Waals surface area contributed by atoms with E-state index in [2.05, 4.69) is 13.8 Å². The molecular weight excluding hydrogens is 268 g/mol. The minimum atomic E-state index is 0.870. The monoisotopic (exact) mass is 314 g/mol. The van der Waals surface area contributed by atoms with Gasteiger partial charge in [0.2, 0.25) is 0 Å². The van der Waals surface area contributed by atoms with E-state index in [-0.39, 0.29) is 0 Å². The second-order valence-electron chi connectivity index (χ2n) is 6.53. The Hall–Kier alpha value is -0.0800. The van der Waals surface area contributed by atoms with Crippen molar-refractivity contribution in [1.82, 2.24) is 0 Å². The van der Waals surface area contributed by atoms with Gasteiger partial charge in [0.1, 0.15) is 0 Å². The van der Waals surface area contributed by atoms with Crippen molar-refractivity contribution in [3.05, 3.63) is 0 Å². The summed E-state index contributed by atoms with van der Waals surface area (Å²) in [7, 11) is 0. The van der Waals surface area contributed by atoms with Crippen LogP contribution >= 0.6 is 0 Å². The van der Waals surface area contributed by atoms with Crippen LogP contribution in [0.1, 0.15) is 117 Å². The Morgan fingerprint density at radius 3 is 0.818 bits per heavy atom. The molecule has 0 aromatic carbocycles. The third-order valence-electron chi connectivity index (χ3n) is 4.12. The third kappa shape index (κ3) is 28.1. The van der Waals surface area contributed by atoms with E-state index >= 15 is 0 Å². The lowest BCUT2D eigenvalue weighted by atomic mass is 10.1. The van der Waals surface area contributed by atoms with Crippen molar-refractivity contribution >= 4 is 0 Å². The Kier molecular flexibility index (Phi) is 28.4. The van der Waals surface area contributed by atoms with Gasteiger partial charge in [0.05, 0.1) is 0 Å². The second kappa shape index (κ2) is 25.9. The predicted molar refractivity (Wildman–Crippen MR) is 103 cm³/mol. The summed E-state index contributed by atoms with van der Waals surface area (Å²) in [6.07, 6.45) is 22.0. The molecule has 4 N–H and O–H groups in total. The van der Waals surface area contributed by atoms with Gasteiger partial charge >= 0.3 is 0 Å². The largest absolute Gasteiger partial charge is 0.330 e. The van der Waals surface area contributed by atoms with E-state index in [1.54, 1.807) is 0 Å². The molecule has 0 saturated heterocycles. The molecule has 0 aromatic rings. The lowest BCUT2D eigenvalue weighted by Crippen LogP contribution is -1.97. The molecular formula is C20H46N2. The first-order chi connectivity index (χ1) is 10.8. The Balaban J connectivity index is 0.